The Hall–Kier alpha value is -0.820. The fourth-order valence-corrected chi connectivity index (χ4v) is 5.01. The number of piperidine rings is 1. The number of nitrogens with two attached hydrogens (primary N) is 1. The van der Waals surface area contributed by atoms with E-state index in [1.807, 2.05) is 33.0 Å². The summed E-state index contributed by atoms with van der Waals surface area (Å²) < 4.78 is 27.5. The minimum Gasteiger partial charge on any atom is -0.374 e. The number of hydrogen-bond acceptors (Lipinski definition) is 4. The SMILES string of the molecule is CN1CCc2ccc(S(=O)(=O)N3CCC(N)C(C)(C)C3)cc21.Cl. The van der Waals surface area contributed by atoms with E-state index in [1.54, 1.807) is 10.4 Å². The van der Waals surface area contributed by atoms with Crippen LogP contribution >= 0.6 is 12.4 Å². The summed E-state index contributed by atoms with van der Waals surface area (Å²) in [6, 6.07) is 5.56. The Kier molecular flexibility index (Phi) is 5.02. The number of fused-ring (bicyclic) bond motifs is 1. The molecule has 2 aliphatic heterocycles. The average Bonchev–Trinajstić information content (AvgIpc) is 2.83. The number of nitrogens with zero attached hydrogens (tertiary/aromatic N) is 2. The third-order valence-corrected chi connectivity index (χ3v) is 6.94. The monoisotopic (exact) mass is 359 g/mol. The van der Waals surface area contributed by atoms with Gasteiger partial charge in [-0.3, -0.25) is 0 Å². The molecule has 130 valence electrons. The van der Waals surface area contributed by atoms with Crippen molar-refractivity contribution in [3.63, 3.8) is 0 Å². The number of hydrogen-bond donors (Lipinski definition) is 1. The minimum atomic E-state index is -3.45. The van der Waals surface area contributed by atoms with Crippen LogP contribution in [0.3, 0.4) is 0 Å². The molecule has 0 bridgehead atoms. The van der Waals surface area contributed by atoms with Crippen LogP contribution in [0, 0.1) is 5.41 Å². The van der Waals surface area contributed by atoms with Gasteiger partial charge < -0.3 is 10.6 Å². The van der Waals surface area contributed by atoms with E-state index < -0.39 is 10.0 Å². The predicted octanol–water partition coefficient (Wildman–Crippen LogP) is 1.85. The van der Waals surface area contributed by atoms with Crippen LogP contribution in [0.25, 0.3) is 0 Å². The van der Waals surface area contributed by atoms with E-state index in [2.05, 4.69) is 4.90 Å². The number of benzene rings is 1. The van der Waals surface area contributed by atoms with Gasteiger partial charge in [-0.2, -0.15) is 4.31 Å². The first-order chi connectivity index (χ1) is 10.2. The Morgan fingerprint density at radius 2 is 1.96 bits per heavy atom. The molecule has 7 heteroatoms. The van der Waals surface area contributed by atoms with Crippen LogP contribution in [0.2, 0.25) is 0 Å². The van der Waals surface area contributed by atoms with Gasteiger partial charge in [-0.15, -0.1) is 12.4 Å². The lowest BCUT2D eigenvalue weighted by Gasteiger charge is -2.41. The normalized spacial score (nSPS) is 24.2. The van der Waals surface area contributed by atoms with Gasteiger partial charge in [0, 0.05) is 38.4 Å². The molecule has 2 aliphatic rings. The van der Waals surface area contributed by atoms with Gasteiger partial charge in [-0.25, -0.2) is 8.42 Å². The molecule has 2 N–H and O–H groups in total. The third kappa shape index (κ3) is 3.22. The molecule has 23 heavy (non-hydrogen) atoms. The van der Waals surface area contributed by atoms with Crippen molar-refractivity contribution >= 4 is 28.1 Å². The van der Waals surface area contributed by atoms with Gasteiger partial charge in [0.05, 0.1) is 4.90 Å². The Morgan fingerprint density at radius 3 is 2.61 bits per heavy atom. The molecular formula is C16H26ClN3O2S. The van der Waals surface area contributed by atoms with E-state index in [-0.39, 0.29) is 23.9 Å². The maximum Gasteiger partial charge on any atom is 0.243 e. The number of sulfonamides is 1. The minimum absolute atomic E-state index is 0. The molecule has 1 saturated heterocycles. The molecule has 0 aromatic heterocycles. The van der Waals surface area contributed by atoms with E-state index in [0.29, 0.717) is 24.4 Å². The molecule has 1 fully saturated rings. The summed E-state index contributed by atoms with van der Waals surface area (Å²) >= 11 is 0. The second-order valence-electron chi connectivity index (χ2n) is 7.18. The zero-order chi connectivity index (χ0) is 16.1. The molecule has 1 atom stereocenters. The van der Waals surface area contributed by atoms with Crippen molar-refractivity contribution in [2.75, 3.05) is 31.6 Å². The molecule has 1 unspecified atom stereocenters. The molecule has 0 spiro atoms. The summed E-state index contributed by atoms with van der Waals surface area (Å²) in [7, 11) is -1.45. The van der Waals surface area contributed by atoms with E-state index in [0.717, 1.165) is 18.7 Å². The van der Waals surface area contributed by atoms with Crippen LogP contribution in [-0.4, -0.2) is 45.4 Å². The summed E-state index contributed by atoms with van der Waals surface area (Å²) in [6.45, 7) is 6.00. The second kappa shape index (κ2) is 6.24. The first kappa shape index (κ1) is 18.5. The van der Waals surface area contributed by atoms with Crippen molar-refractivity contribution < 1.29 is 8.42 Å². The fraction of sp³-hybridized carbons (Fsp3) is 0.625. The van der Waals surface area contributed by atoms with Crippen molar-refractivity contribution in [2.45, 2.75) is 37.6 Å². The summed E-state index contributed by atoms with van der Waals surface area (Å²) in [6.07, 6.45) is 1.69. The zero-order valence-corrected chi connectivity index (χ0v) is 15.6. The third-order valence-electron chi connectivity index (χ3n) is 5.10. The molecule has 0 radical (unpaired) electrons. The standard InChI is InChI=1S/C16H25N3O2S.ClH/c1-16(2)11-19(9-7-15(16)17)22(20,21)13-5-4-12-6-8-18(3)14(12)10-13;/h4-5,10,15H,6-9,11,17H2,1-3H3;1H. The van der Waals surface area contributed by atoms with Gasteiger partial charge in [0.2, 0.25) is 10.0 Å². The summed E-state index contributed by atoms with van der Waals surface area (Å²) in [5, 5.41) is 0. The lowest BCUT2D eigenvalue weighted by atomic mass is 9.81. The van der Waals surface area contributed by atoms with Crippen LogP contribution in [0.4, 0.5) is 5.69 Å². The molecule has 1 aromatic carbocycles. The first-order valence-corrected chi connectivity index (χ1v) is 9.25. The van der Waals surface area contributed by atoms with Gasteiger partial charge >= 0.3 is 0 Å². The highest BCUT2D eigenvalue weighted by molar-refractivity contribution is 7.89. The Balaban J connectivity index is 0.00000192. The van der Waals surface area contributed by atoms with Crippen LogP contribution in [0.1, 0.15) is 25.8 Å². The van der Waals surface area contributed by atoms with Crippen molar-refractivity contribution in [3.8, 4) is 0 Å². The van der Waals surface area contributed by atoms with Crippen LogP contribution < -0.4 is 10.6 Å². The Bertz CT molecular complexity index is 691. The second-order valence-corrected chi connectivity index (χ2v) is 9.12. The van der Waals surface area contributed by atoms with Crippen LogP contribution in [0.15, 0.2) is 23.1 Å². The zero-order valence-electron chi connectivity index (χ0n) is 13.9. The smallest absolute Gasteiger partial charge is 0.243 e. The fourth-order valence-electron chi connectivity index (χ4n) is 3.36. The van der Waals surface area contributed by atoms with Gasteiger partial charge in [0.15, 0.2) is 0 Å². The Labute approximate surface area is 145 Å². The maximum atomic E-state index is 13.0. The van der Waals surface area contributed by atoms with Crippen molar-refractivity contribution in [2.24, 2.45) is 11.1 Å². The molecule has 0 amide bonds. The average molecular weight is 360 g/mol. The van der Waals surface area contributed by atoms with Gasteiger partial charge in [0.1, 0.15) is 0 Å². The number of rotatable bonds is 2. The lowest BCUT2D eigenvalue weighted by molar-refractivity contribution is 0.155. The summed E-state index contributed by atoms with van der Waals surface area (Å²) in [4.78, 5) is 2.51. The number of anilines is 1. The maximum absolute atomic E-state index is 13.0. The molecule has 0 aliphatic carbocycles. The molecular weight excluding hydrogens is 334 g/mol. The van der Waals surface area contributed by atoms with Crippen LogP contribution in [0.5, 0.6) is 0 Å². The van der Waals surface area contributed by atoms with Crippen molar-refractivity contribution in [1.29, 1.82) is 0 Å². The van der Waals surface area contributed by atoms with Gasteiger partial charge in [-0.1, -0.05) is 19.9 Å². The Morgan fingerprint density at radius 1 is 1.26 bits per heavy atom. The number of likely N-dealkylation sites (N-methyl/N-ethyl adjacent to an activating group) is 1. The number of halogens is 1. The van der Waals surface area contributed by atoms with E-state index in [9.17, 15) is 8.42 Å². The highest BCUT2D eigenvalue weighted by atomic mass is 35.5. The van der Waals surface area contributed by atoms with E-state index in [4.69, 9.17) is 5.73 Å². The molecule has 2 heterocycles. The summed E-state index contributed by atoms with van der Waals surface area (Å²) in [5.41, 5.74) is 8.19. The first-order valence-electron chi connectivity index (χ1n) is 7.81. The quantitative estimate of drug-likeness (QED) is 0.875. The van der Waals surface area contributed by atoms with Gasteiger partial charge in [0.25, 0.3) is 0 Å². The van der Waals surface area contributed by atoms with Crippen LogP contribution in [-0.2, 0) is 16.4 Å². The lowest BCUT2D eigenvalue weighted by Crippen LogP contribution is -2.53. The molecule has 3 rings (SSSR count). The highest BCUT2D eigenvalue weighted by Gasteiger charge is 2.39. The van der Waals surface area contributed by atoms with Crippen molar-refractivity contribution in [1.82, 2.24) is 4.31 Å². The van der Waals surface area contributed by atoms with E-state index in [1.165, 1.54) is 5.56 Å². The predicted molar refractivity (Wildman–Crippen MR) is 95.8 cm³/mol. The molecule has 0 saturated carbocycles. The molecule has 1 aromatic rings. The van der Waals surface area contributed by atoms with Crippen molar-refractivity contribution in [3.05, 3.63) is 23.8 Å². The highest BCUT2D eigenvalue weighted by Crippen LogP contribution is 2.34. The topological polar surface area (TPSA) is 66.6 Å². The molecule has 5 nitrogen and oxygen atoms in total. The van der Waals surface area contributed by atoms with E-state index >= 15 is 0 Å². The summed E-state index contributed by atoms with van der Waals surface area (Å²) in [5.74, 6) is 0. The van der Waals surface area contributed by atoms with Gasteiger partial charge in [-0.05, 0) is 36.0 Å². The largest absolute Gasteiger partial charge is 0.374 e.